The number of methoxy groups -OCH3 is 1. The molecule has 0 radical (unpaired) electrons. The summed E-state index contributed by atoms with van der Waals surface area (Å²) >= 11 is 0. The van der Waals surface area contributed by atoms with Crippen molar-refractivity contribution < 1.29 is 17.9 Å². The molecule has 0 aliphatic heterocycles. The summed E-state index contributed by atoms with van der Waals surface area (Å²) in [6, 6.07) is 1.70. The molecule has 4 N–H and O–H groups in total. The van der Waals surface area contributed by atoms with Crippen molar-refractivity contribution in [2.75, 3.05) is 18.6 Å². The van der Waals surface area contributed by atoms with Gasteiger partial charge in [-0.15, -0.1) is 0 Å². The molecule has 0 unspecified atom stereocenters. The number of rotatable bonds is 2. The molecule has 0 heterocycles. The summed E-state index contributed by atoms with van der Waals surface area (Å²) in [5, 5.41) is 0. The van der Waals surface area contributed by atoms with Gasteiger partial charge in [-0.3, -0.25) is 0 Å². The summed E-state index contributed by atoms with van der Waals surface area (Å²) in [7, 11) is 1.41. The second kappa shape index (κ2) is 3.98. The van der Waals surface area contributed by atoms with Crippen LogP contribution in [0.15, 0.2) is 12.1 Å². The van der Waals surface area contributed by atoms with Gasteiger partial charge in [0.1, 0.15) is 0 Å². The van der Waals surface area contributed by atoms with Crippen molar-refractivity contribution in [3.63, 3.8) is 0 Å². The van der Waals surface area contributed by atoms with E-state index in [0.29, 0.717) is 5.56 Å². The molecule has 0 atom stereocenters. The molecule has 0 aromatic heterocycles. The van der Waals surface area contributed by atoms with Crippen molar-refractivity contribution >= 4 is 11.4 Å². The maximum Gasteiger partial charge on any atom is 0.416 e. The van der Waals surface area contributed by atoms with Gasteiger partial charge in [0.15, 0.2) is 0 Å². The highest BCUT2D eigenvalue weighted by Gasteiger charge is 2.31. The first-order chi connectivity index (χ1) is 6.86. The largest absolute Gasteiger partial charge is 0.416 e. The van der Waals surface area contributed by atoms with Crippen LogP contribution in [0.4, 0.5) is 24.5 Å². The first-order valence-electron chi connectivity index (χ1n) is 4.10. The second-order valence-corrected chi connectivity index (χ2v) is 3.06. The van der Waals surface area contributed by atoms with Crippen LogP contribution in [0.5, 0.6) is 0 Å². The molecule has 1 aromatic rings. The smallest absolute Gasteiger partial charge is 0.398 e. The molecule has 0 aliphatic rings. The van der Waals surface area contributed by atoms with E-state index in [2.05, 4.69) is 0 Å². The minimum Gasteiger partial charge on any atom is -0.398 e. The highest BCUT2D eigenvalue weighted by Crippen LogP contribution is 2.34. The molecular weight excluding hydrogens is 209 g/mol. The van der Waals surface area contributed by atoms with Gasteiger partial charge in [-0.1, -0.05) is 0 Å². The molecule has 84 valence electrons. The summed E-state index contributed by atoms with van der Waals surface area (Å²) in [5.41, 5.74) is 10.4. The third-order valence-corrected chi connectivity index (χ3v) is 1.93. The first-order valence-corrected chi connectivity index (χ1v) is 4.10. The highest BCUT2D eigenvalue weighted by atomic mass is 19.4. The Morgan fingerprint density at radius 1 is 1.20 bits per heavy atom. The molecule has 1 rings (SSSR count). The molecule has 15 heavy (non-hydrogen) atoms. The first kappa shape index (κ1) is 11.6. The number of anilines is 2. The summed E-state index contributed by atoms with van der Waals surface area (Å²) in [5.74, 6) is 0. The summed E-state index contributed by atoms with van der Waals surface area (Å²) in [6.45, 7) is 0.0931. The normalized spacial score (nSPS) is 11.7. The number of nitrogens with two attached hydrogens (primary N) is 2. The van der Waals surface area contributed by atoms with Crippen LogP contribution in [-0.2, 0) is 17.5 Å². The molecular formula is C9H11F3N2O. The van der Waals surface area contributed by atoms with Crippen LogP contribution in [0.25, 0.3) is 0 Å². The zero-order valence-electron chi connectivity index (χ0n) is 8.06. The Hall–Kier alpha value is -1.43. The summed E-state index contributed by atoms with van der Waals surface area (Å²) in [6.07, 6.45) is -4.44. The SMILES string of the molecule is COCc1c(N)cc(C(F)(F)F)cc1N. The second-order valence-electron chi connectivity index (χ2n) is 3.06. The number of alkyl halides is 3. The zero-order valence-corrected chi connectivity index (χ0v) is 8.06. The number of halogens is 3. The van der Waals surface area contributed by atoms with Crippen LogP contribution >= 0.6 is 0 Å². The molecule has 0 aliphatic carbocycles. The Bertz CT molecular complexity index is 340. The van der Waals surface area contributed by atoms with E-state index in [1.165, 1.54) is 7.11 Å². The lowest BCUT2D eigenvalue weighted by Gasteiger charge is -2.13. The lowest BCUT2D eigenvalue weighted by Crippen LogP contribution is -2.09. The van der Waals surface area contributed by atoms with Gasteiger partial charge < -0.3 is 16.2 Å². The highest BCUT2D eigenvalue weighted by molar-refractivity contribution is 5.63. The van der Waals surface area contributed by atoms with Gasteiger partial charge in [0.05, 0.1) is 12.2 Å². The Labute approximate surface area is 84.8 Å². The predicted molar refractivity (Wildman–Crippen MR) is 51.0 cm³/mol. The van der Waals surface area contributed by atoms with E-state index >= 15 is 0 Å². The average Bonchev–Trinajstić information content (AvgIpc) is 2.09. The van der Waals surface area contributed by atoms with Crippen LogP contribution in [-0.4, -0.2) is 7.11 Å². The lowest BCUT2D eigenvalue weighted by atomic mass is 10.1. The van der Waals surface area contributed by atoms with Crippen LogP contribution < -0.4 is 11.5 Å². The monoisotopic (exact) mass is 220 g/mol. The third kappa shape index (κ3) is 2.53. The van der Waals surface area contributed by atoms with Crippen molar-refractivity contribution in [3.05, 3.63) is 23.3 Å². The minimum absolute atomic E-state index is 0.0100. The molecule has 0 amide bonds. The van der Waals surface area contributed by atoms with Gasteiger partial charge in [-0.25, -0.2) is 0 Å². The Morgan fingerprint density at radius 3 is 2.00 bits per heavy atom. The van der Waals surface area contributed by atoms with Crippen LogP contribution in [0, 0.1) is 0 Å². The number of hydrogen-bond donors (Lipinski definition) is 2. The average molecular weight is 220 g/mol. The van der Waals surface area contributed by atoms with Gasteiger partial charge in [0, 0.05) is 24.0 Å². The lowest BCUT2D eigenvalue weighted by molar-refractivity contribution is -0.137. The van der Waals surface area contributed by atoms with Gasteiger partial charge in [0.2, 0.25) is 0 Å². The molecule has 0 bridgehead atoms. The maximum atomic E-state index is 12.3. The van der Waals surface area contributed by atoms with Gasteiger partial charge in [-0.2, -0.15) is 13.2 Å². The van der Waals surface area contributed by atoms with E-state index in [9.17, 15) is 13.2 Å². The number of benzene rings is 1. The van der Waals surface area contributed by atoms with Gasteiger partial charge in [0.25, 0.3) is 0 Å². The molecule has 0 spiro atoms. The molecule has 3 nitrogen and oxygen atoms in total. The van der Waals surface area contributed by atoms with Crippen molar-refractivity contribution in [2.45, 2.75) is 12.8 Å². The van der Waals surface area contributed by atoms with E-state index < -0.39 is 11.7 Å². The molecule has 0 saturated carbocycles. The van der Waals surface area contributed by atoms with Crippen molar-refractivity contribution in [1.82, 2.24) is 0 Å². The van der Waals surface area contributed by atoms with E-state index in [-0.39, 0.29) is 18.0 Å². The topological polar surface area (TPSA) is 61.3 Å². The van der Waals surface area contributed by atoms with E-state index in [4.69, 9.17) is 16.2 Å². The fraction of sp³-hybridized carbons (Fsp3) is 0.333. The third-order valence-electron chi connectivity index (χ3n) is 1.93. The Balaban J connectivity index is 3.19. The minimum atomic E-state index is -4.44. The van der Waals surface area contributed by atoms with Crippen LogP contribution in [0.2, 0.25) is 0 Å². The summed E-state index contributed by atoms with van der Waals surface area (Å²) < 4.78 is 41.7. The van der Waals surface area contributed by atoms with E-state index in [1.807, 2.05) is 0 Å². The summed E-state index contributed by atoms with van der Waals surface area (Å²) in [4.78, 5) is 0. The zero-order chi connectivity index (χ0) is 11.6. The fourth-order valence-electron chi connectivity index (χ4n) is 1.19. The van der Waals surface area contributed by atoms with Crippen molar-refractivity contribution in [2.24, 2.45) is 0 Å². The van der Waals surface area contributed by atoms with E-state index in [0.717, 1.165) is 12.1 Å². The van der Waals surface area contributed by atoms with E-state index in [1.54, 1.807) is 0 Å². The van der Waals surface area contributed by atoms with Crippen molar-refractivity contribution in [1.29, 1.82) is 0 Å². The standard InChI is InChI=1S/C9H11F3N2O/c1-15-4-6-7(13)2-5(3-8(6)14)9(10,11)12/h2-3H,4,13-14H2,1H3. The van der Waals surface area contributed by atoms with Crippen molar-refractivity contribution in [3.8, 4) is 0 Å². The molecule has 0 fully saturated rings. The molecule has 0 saturated heterocycles. The Morgan fingerprint density at radius 2 is 1.67 bits per heavy atom. The maximum absolute atomic E-state index is 12.3. The number of nitrogen functional groups attached to an aromatic ring is 2. The number of ether oxygens (including phenoxy) is 1. The molecule has 6 heteroatoms. The fourth-order valence-corrected chi connectivity index (χ4v) is 1.19. The van der Waals surface area contributed by atoms with Crippen LogP contribution in [0.1, 0.15) is 11.1 Å². The predicted octanol–water partition coefficient (Wildman–Crippen LogP) is 2.02. The molecule has 1 aromatic carbocycles. The van der Waals surface area contributed by atoms with Gasteiger partial charge in [-0.05, 0) is 12.1 Å². The van der Waals surface area contributed by atoms with Gasteiger partial charge >= 0.3 is 6.18 Å². The Kier molecular flexibility index (Phi) is 3.09. The van der Waals surface area contributed by atoms with Crippen LogP contribution in [0.3, 0.4) is 0 Å². The quantitative estimate of drug-likeness (QED) is 0.749. The number of hydrogen-bond acceptors (Lipinski definition) is 3.